The van der Waals surface area contributed by atoms with Crippen LogP contribution in [-0.4, -0.2) is 5.60 Å². The van der Waals surface area contributed by atoms with Crippen LogP contribution < -0.4 is 0 Å². The number of hydrogen-bond donors (Lipinski definition) is 0. The van der Waals surface area contributed by atoms with Crippen molar-refractivity contribution in [3.8, 4) is 12.3 Å². The van der Waals surface area contributed by atoms with Crippen molar-refractivity contribution in [2.45, 2.75) is 18.4 Å². The van der Waals surface area contributed by atoms with Crippen LogP contribution in [0.3, 0.4) is 0 Å². The predicted molar refractivity (Wildman–Crippen MR) is 31.6 cm³/mol. The maximum atomic E-state index is 5.09. The Bertz CT molecular complexity index is 110. The van der Waals surface area contributed by atoms with Crippen molar-refractivity contribution >= 4 is 9.47 Å². The Morgan fingerprint density at radius 1 is 1.71 bits per heavy atom. The van der Waals surface area contributed by atoms with Crippen LogP contribution in [-0.2, 0) is 4.52 Å². The van der Waals surface area contributed by atoms with Crippen LogP contribution in [0.15, 0.2) is 0 Å². The predicted octanol–water partition coefficient (Wildman–Crippen LogP) is 0.959. The minimum Gasteiger partial charge on any atom is -0.347 e. The molecular weight excluding hydrogens is 107 g/mol. The highest BCUT2D eigenvalue weighted by Crippen LogP contribution is 2.40. The Morgan fingerprint density at radius 3 is 2.29 bits per heavy atom. The van der Waals surface area contributed by atoms with Gasteiger partial charge in [-0.25, -0.2) is 0 Å². The first-order valence-corrected chi connectivity index (χ1v) is 2.66. The van der Waals surface area contributed by atoms with E-state index in [2.05, 4.69) is 15.4 Å². The molecule has 2 heteroatoms. The number of rotatable bonds is 1. The number of terminal acetylenes is 1. The lowest BCUT2D eigenvalue weighted by Gasteiger charge is -1.99. The minimum atomic E-state index is -0.176. The van der Waals surface area contributed by atoms with Crippen LogP contribution in [0.25, 0.3) is 0 Å². The molecule has 0 aromatic heterocycles. The summed E-state index contributed by atoms with van der Waals surface area (Å²) in [6, 6.07) is 0. The largest absolute Gasteiger partial charge is 0.347 e. The minimum absolute atomic E-state index is 0.176. The summed E-state index contributed by atoms with van der Waals surface area (Å²) in [7, 11) is 2.19. The molecule has 1 aliphatic carbocycles. The standard InChI is InChI=1S/C5H7OP/c1-2-5(6-7)3-4-5/h1H,3-4,7H2. The zero-order valence-corrected chi connectivity index (χ0v) is 5.13. The first kappa shape index (κ1) is 5.09. The second kappa shape index (κ2) is 1.47. The van der Waals surface area contributed by atoms with Gasteiger partial charge in [0.05, 0.1) is 0 Å². The van der Waals surface area contributed by atoms with Crippen molar-refractivity contribution in [1.29, 1.82) is 0 Å². The summed E-state index contributed by atoms with van der Waals surface area (Å²) in [6.45, 7) is 0. The van der Waals surface area contributed by atoms with Crippen LogP contribution in [0.5, 0.6) is 0 Å². The van der Waals surface area contributed by atoms with Gasteiger partial charge < -0.3 is 4.52 Å². The van der Waals surface area contributed by atoms with Crippen LogP contribution >= 0.6 is 9.47 Å². The van der Waals surface area contributed by atoms with E-state index in [1.807, 2.05) is 0 Å². The number of hydrogen-bond acceptors (Lipinski definition) is 1. The average molecular weight is 114 g/mol. The van der Waals surface area contributed by atoms with E-state index in [-0.39, 0.29) is 5.60 Å². The van der Waals surface area contributed by atoms with E-state index >= 15 is 0 Å². The molecule has 0 aromatic carbocycles. The van der Waals surface area contributed by atoms with Crippen LogP contribution in [0.1, 0.15) is 12.8 Å². The van der Waals surface area contributed by atoms with Crippen LogP contribution in [0.2, 0.25) is 0 Å². The third kappa shape index (κ3) is 0.774. The van der Waals surface area contributed by atoms with E-state index in [4.69, 9.17) is 10.9 Å². The van der Waals surface area contributed by atoms with Gasteiger partial charge in [-0.05, 0) is 12.8 Å². The maximum absolute atomic E-state index is 5.09. The van der Waals surface area contributed by atoms with Gasteiger partial charge in [0.1, 0.15) is 5.60 Å². The van der Waals surface area contributed by atoms with E-state index in [9.17, 15) is 0 Å². The smallest absolute Gasteiger partial charge is 0.132 e. The third-order valence-electron chi connectivity index (χ3n) is 1.19. The highest BCUT2D eigenvalue weighted by Gasteiger charge is 2.41. The first-order chi connectivity index (χ1) is 3.33. The summed E-state index contributed by atoms with van der Waals surface area (Å²) >= 11 is 0. The van der Waals surface area contributed by atoms with E-state index in [0.717, 1.165) is 12.8 Å². The van der Waals surface area contributed by atoms with Crippen molar-refractivity contribution < 1.29 is 4.52 Å². The topological polar surface area (TPSA) is 9.23 Å². The second-order valence-electron chi connectivity index (χ2n) is 1.76. The molecule has 1 rings (SSSR count). The Hall–Kier alpha value is -0.0500. The van der Waals surface area contributed by atoms with Gasteiger partial charge in [0.25, 0.3) is 0 Å². The van der Waals surface area contributed by atoms with E-state index < -0.39 is 0 Å². The maximum Gasteiger partial charge on any atom is 0.132 e. The highest BCUT2D eigenvalue weighted by molar-refractivity contribution is 7.09. The molecule has 38 valence electrons. The van der Waals surface area contributed by atoms with Crippen LogP contribution in [0, 0.1) is 12.3 Å². The molecule has 1 saturated carbocycles. The molecule has 1 nitrogen and oxygen atoms in total. The Balaban J connectivity index is 2.47. The summed E-state index contributed by atoms with van der Waals surface area (Å²) in [5.74, 6) is 2.56. The molecule has 0 bridgehead atoms. The molecule has 0 radical (unpaired) electrons. The van der Waals surface area contributed by atoms with Gasteiger partial charge in [0.15, 0.2) is 0 Å². The van der Waals surface area contributed by atoms with Crippen molar-refractivity contribution in [3.63, 3.8) is 0 Å². The van der Waals surface area contributed by atoms with Crippen molar-refractivity contribution in [2.75, 3.05) is 0 Å². The molecule has 7 heavy (non-hydrogen) atoms. The molecule has 1 atom stereocenters. The van der Waals surface area contributed by atoms with Gasteiger partial charge in [-0.2, -0.15) is 0 Å². The first-order valence-electron chi connectivity index (χ1n) is 2.19. The molecule has 0 aliphatic heterocycles. The van der Waals surface area contributed by atoms with Gasteiger partial charge in [0.2, 0.25) is 0 Å². The fourth-order valence-electron chi connectivity index (χ4n) is 0.410. The van der Waals surface area contributed by atoms with Crippen molar-refractivity contribution in [1.82, 2.24) is 0 Å². The molecular formula is C5H7OP. The third-order valence-corrected chi connectivity index (χ3v) is 1.64. The lowest BCUT2D eigenvalue weighted by Crippen LogP contribution is -2.01. The molecule has 0 saturated heterocycles. The van der Waals surface area contributed by atoms with Crippen molar-refractivity contribution in [3.05, 3.63) is 0 Å². The zero-order valence-electron chi connectivity index (χ0n) is 3.98. The van der Waals surface area contributed by atoms with Gasteiger partial charge in [0, 0.05) is 9.47 Å². The van der Waals surface area contributed by atoms with Crippen LogP contribution in [0.4, 0.5) is 0 Å². The summed E-state index contributed by atoms with van der Waals surface area (Å²) in [4.78, 5) is 0. The molecule has 0 N–H and O–H groups in total. The monoisotopic (exact) mass is 114 g/mol. The summed E-state index contributed by atoms with van der Waals surface area (Å²) < 4.78 is 4.88. The van der Waals surface area contributed by atoms with E-state index in [0.29, 0.717) is 0 Å². The van der Waals surface area contributed by atoms with Gasteiger partial charge >= 0.3 is 0 Å². The van der Waals surface area contributed by atoms with Gasteiger partial charge in [-0.15, -0.1) is 6.42 Å². The highest BCUT2D eigenvalue weighted by atomic mass is 31.0. The molecule has 0 spiro atoms. The fourth-order valence-corrected chi connectivity index (χ4v) is 0.713. The second-order valence-corrected chi connectivity index (χ2v) is 1.99. The lowest BCUT2D eigenvalue weighted by molar-refractivity contribution is 0.286. The fraction of sp³-hybridized carbons (Fsp3) is 0.600. The van der Waals surface area contributed by atoms with Gasteiger partial charge in [-0.3, -0.25) is 0 Å². The Labute approximate surface area is 45.7 Å². The lowest BCUT2D eigenvalue weighted by atomic mass is 10.4. The molecule has 1 unspecified atom stereocenters. The quantitative estimate of drug-likeness (QED) is 0.364. The Kier molecular flexibility index (Phi) is 1.07. The van der Waals surface area contributed by atoms with Gasteiger partial charge in [-0.1, -0.05) is 5.92 Å². The molecule has 0 heterocycles. The van der Waals surface area contributed by atoms with Crippen molar-refractivity contribution in [2.24, 2.45) is 0 Å². The SMILES string of the molecule is C#CC1(OP)CC1. The Morgan fingerprint density at radius 2 is 2.29 bits per heavy atom. The molecule has 0 amide bonds. The molecule has 0 aromatic rings. The van der Waals surface area contributed by atoms with E-state index in [1.165, 1.54) is 0 Å². The summed E-state index contributed by atoms with van der Waals surface area (Å²) in [6.07, 6.45) is 7.13. The zero-order chi connectivity index (χ0) is 5.33. The average Bonchev–Trinajstić information content (AvgIpc) is 2.46. The van der Waals surface area contributed by atoms with E-state index in [1.54, 1.807) is 0 Å². The molecule has 1 fully saturated rings. The molecule has 1 aliphatic rings. The summed E-state index contributed by atoms with van der Waals surface area (Å²) in [5.41, 5.74) is -0.176. The summed E-state index contributed by atoms with van der Waals surface area (Å²) in [5, 5.41) is 0. The normalized spacial score (nSPS) is 23.4.